The second-order valence-corrected chi connectivity index (χ2v) is 7.36. The van der Waals surface area contributed by atoms with Crippen LogP contribution in [0.5, 0.6) is 0 Å². The largest absolute Gasteiger partial charge is 0.313 e. The first-order valence-corrected chi connectivity index (χ1v) is 8.63. The molecule has 2 aromatic carbocycles. The van der Waals surface area contributed by atoms with Crippen LogP contribution in [0.1, 0.15) is 17.2 Å². The van der Waals surface area contributed by atoms with Crippen molar-refractivity contribution in [2.24, 2.45) is 0 Å². The van der Waals surface area contributed by atoms with Crippen LogP contribution in [-0.2, 0) is 6.42 Å². The van der Waals surface area contributed by atoms with Crippen LogP contribution in [0, 0.1) is 3.57 Å². The second-order valence-electron chi connectivity index (χ2n) is 4.34. The molecule has 1 N–H and O–H groups in total. The summed E-state index contributed by atoms with van der Waals surface area (Å²) in [6, 6.07) is 15.2. The quantitative estimate of drug-likeness (QED) is 0.567. The Morgan fingerprint density at radius 2 is 1.95 bits per heavy atom. The van der Waals surface area contributed by atoms with Crippen LogP contribution in [0.4, 0.5) is 0 Å². The zero-order valence-corrected chi connectivity index (χ0v) is 15.8. The summed E-state index contributed by atoms with van der Waals surface area (Å²) in [6.45, 7) is 0. The number of benzene rings is 2. The van der Waals surface area contributed by atoms with E-state index in [9.17, 15) is 0 Å². The Balaban J connectivity index is 2.27. The first-order valence-electron chi connectivity index (χ1n) is 5.97. The van der Waals surface area contributed by atoms with E-state index in [1.807, 2.05) is 7.05 Å². The lowest BCUT2D eigenvalue weighted by Gasteiger charge is -2.19. The lowest BCUT2D eigenvalue weighted by molar-refractivity contribution is 0.589. The third kappa shape index (κ3) is 4.28. The molecule has 0 heterocycles. The Labute approximate surface area is 144 Å². The topological polar surface area (TPSA) is 12.0 Å². The van der Waals surface area contributed by atoms with Crippen LogP contribution in [0.3, 0.4) is 0 Å². The van der Waals surface area contributed by atoms with E-state index >= 15 is 0 Å². The van der Waals surface area contributed by atoms with Crippen LogP contribution in [0.2, 0.25) is 0 Å². The molecule has 0 aliphatic carbocycles. The van der Waals surface area contributed by atoms with Gasteiger partial charge in [0, 0.05) is 18.6 Å². The van der Waals surface area contributed by atoms with Crippen LogP contribution >= 0.6 is 54.5 Å². The van der Waals surface area contributed by atoms with Crippen molar-refractivity contribution < 1.29 is 0 Å². The Kier molecular flexibility index (Phi) is 5.87. The molecule has 0 fully saturated rings. The minimum Gasteiger partial charge on any atom is -0.313 e. The van der Waals surface area contributed by atoms with Crippen molar-refractivity contribution in [3.8, 4) is 0 Å². The molecule has 19 heavy (non-hydrogen) atoms. The lowest BCUT2D eigenvalue weighted by Crippen LogP contribution is -2.19. The molecule has 0 aliphatic heterocycles. The summed E-state index contributed by atoms with van der Waals surface area (Å²) in [4.78, 5) is 0. The average molecular weight is 495 g/mol. The van der Waals surface area contributed by atoms with Gasteiger partial charge in [0.15, 0.2) is 0 Å². The Hall–Kier alpha value is 0.0900. The lowest BCUT2D eigenvalue weighted by atomic mass is 9.99. The van der Waals surface area contributed by atoms with E-state index in [1.165, 1.54) is 14.7 Å². The molecule has 2 rings (SSSR count). The summed E-state index contributed by atoms with van der Waals surface area (Å²) in [6.07, 6.45) is 0.967. The zero-order chi connectivity index (χ0) is 13.8. The minimum absolute atomic E-state index is 0.304. The highest BCUT2D eigenvalue weighted by atomic mass is 127. The molecule has 0 saturated heterocycles. The van der Waals surface area contributed by atoms with E-state index in [1.54, 1.807) is 0 Å². The molecule has 0 aliphatic rings. The van der Waals surface area contributed by atoms with Crippen LogP contribution < -0.4 is 5.32 Å². The maximum Gasteiger partial charge on any atom is 0.0370 e. The van der Waals surface area contributed by atoms with Crippen molar-refractivity contribution in [2.75, 3.05) is 7.05 Å². The Morgan fingerprint density at radius 3 is 2.63 bits per heavy atom. The monoisotopic (exact) mass is 493 g/mol. The van der Waals surface area contributed by atoms with Gasteiger partial charge in [-0.05, 0) is 77.5 Å². The predicted molar refractivity (Wildman–Crippen MR) is 96.5 cm³/mol. The van der Waals surface area contributed by atoms with E-state index in [0.717, 1.165) is 15.4 Å². The molecule has 0 amide bonds. The molecule has 0 saturated carbocycles. The van der Waals surface area contributed by atoms with Crippen molar-refractivity contribution in [1.29, 1.82) is 0 Å². The normalized spacial score (nSPS) is 12.4. The summed E-state index contributed by atoms with van der Waals surface area (Å²) in [5.41, 5.74) is 2.62. The van der Waals surface area contributed by atoms with Crippen LogP contribution in [-0.4, -0.2) is 7.05 Å². The van der Waals surface area contributed by atoms with Crippen molar-refractivity contribution in [3.05, 3.63) is 66.1 Å². The summed E-state index contributed by atoms with van der Waals surface area (Å²) < 4.78 is 3.54. The highest BCUT2D eigenvalue weighted by Gasteiger charge is 2.14. The first kappa shape index (κ1) is 15.5. The number of rotatable bonds is 4. The molecule has 0 radical (unpaired) electrons. The number of nitrogens with one attached hydrogen (secondary N) is 1. The van der Waals surface area contributed by atoms with Crippen molar-refractivity contribution in [1.82, 2.24) is 5.32 Å². The molecule has 0 aromatic heterocycles. The van der Waals surface area contributed by atoms with Crippen molar-refractivity contribution in [3.63, 3.8) is 0 Å². The highest BCUT2D eigenvalue weighted by Crippen LogP contribution is 2.28. The Morgan fingerprint density at radius 1 is 1.16 bits per heavy atom. The SMILES string of the molecule is CNC(Cc1cccc(Br)c1)c1cc(I)ccc1Br. The molecule has 1 unspecified atom stereocenters. The molecular weight excluding hydrogens is 481 g/mol. The van der Waals surface area contributed by atoms with Gasteiger partial charge in [-0.2, -0.15) is 0 Å². The van der Waals surface area contributed by atoms with Gasteiger partial charge >= 0.3 is 0 Å². The summed E-state index contributed by atoms with van der Waals surface area (Å²) in [7, 11) is 2.01. The van der Waals surface area contributed by atoms with E-state index in [4.69, 9.17) is 0 Å². The van der Waals surface area contributed by atoms with Gasteiger partial charge < -0.3 is 5.32 Å². The highest BCUT2D eigenvalue weighted by molar-refractivity contribution is 14.1. The molecule has 100 valence electrons. The van der Waals surface area contributed by atoms with Crippen molar-refractivity contribution in [2.45, 2.75) is 12.5 Å². The second kappa shape index (κ2) is 7.20. The van der Waals surface area contributed by atoms with Crippen molar-refractivity contribution >= 4 is 54.5 Å². The molecule has 1 nitrogen and oxygen atoms in total. The van der Waals surface area contributed by atoms with Gasteiger partial charge in [0.25, 0.3) is 0 Å². The number of hydrogen-bond acceptors (Lipinski definition) is 1. The summed E-state index contributed by atoms with van der Waals surface area (Å²) in [5, 5.41) is 3.41. The van der Waals surface area contributed by atoms with Crippen LogP contribution in [0.15, 0.2) is 51.4 Å². The molecule has 0 spiro atoms. The smallest absolute Gasteiger partial charge is 0.0370 e. The fraction of sp³-hybridized carbons (Fsp3) is 0.200. The van der Waals surface area contributed by atoms with Gasteiger partial charge in [0.05, 0.1) is 0 Å². The standard InChI is InChI=1S/C15H14Br2IN/c1-19-15(8-10-3-2-4-11(16)7-10)13-9-12(18)5-6-14(13)17/h2-7,9,15,19H,8H2,1H3. The van der Waals surface area contributed by atoms with Gasteiger partial charge in [-0.25, -0.2) is 0 Å². The third-order valence-electron chi connectivity index (χ3n) is 3.01. The summed E-state index contributed by atoms with van der Waals surface area (Å²) in [5.74, 6) is 0. The number of halogens is 3. The molecular formula is C15H14Br2IN. The Bertz CT molecular complexity index is 572. The number of likely N-dealkylation sites (N-methyl/N-ethyl adjacent to an activating group) is 1. The van der Waals surface area contributed by atoms with E-state index < -0.39 is 0 Å². The average Bonchev–Trinajstić information content (AvgIpc) is 2.39. The molecule has 4 heteroatoms. The minimum atomic E-state index is 0.304. The molecule has 2 aromatic rings. The van der Waals surface area contributed by atoms with Gasteiger partial charge in [0.2, 0.25) is 0 Å². The van der Waals surface area contributed by atoms with Gasteiger partial charge in [0.1, 0.15) is 0 Å². The maximum absolute atomic E-state index is 3.65. The predicted octanol–water partition coefficient (Wildman–Crippen LogP) is 5.32. The fourth-order valence-electron chi connectivity index (χ4n) is 2.05. The van der Waals surface area contributed by atoms with E-state index in [-0.39, 0.29) is 0 Å². The third-order valence-corrected chi connectivity index (χ3v) is 4.90. The van der Waals surface area contributed by atoms with Gasteiger partial charge in [-0.1, -0.05) is 44.0 Å². The van der Waals surface area contributed by atoms with Gasteiger partial charge in [-0.15, -0.1) is 0 Å². The zero-order valence-electron chi connectivity index (χ0n) is 10.5. The number of hydrogen-bond donors (Lipinski definition) is 1. The fourth-order valence-corrected chi connectivity index (χ4v) is 3.53. The van der Waals surface area contributed by atoms with E-state index in [2.05, 4.69) is 102 Å². The van der Waals surface area contributed by atoms with Crippen LogP contribution in [0.25, 0.3) is 0 Å². The molecule has 1 atom stereocenters. The van der Waals surface area contributed by atoms with Gasteiger partial charge in [-0.3, -0.25) is 0 Å². The first-order chi connectivity index (χ1) is 9.10. The summed E-state index contributed by atoms with van der Waals surface area (Å²) >= 11 is 9.52. The molecule has 0 bridgehead atoms. The van der Waals surface area contributed by atoms with E-state index in [0.29, 0.717) is 6.04 Å². The maximum atomic E-state index is 3.65.